The molecule has 4 heteroatoms. The fraction of sp³-hybridized carbons (Fsp3) is 0.500. The number of hydrogen-bond acceptors (Lipinski definition) is 3. The van der Waals surface area contributed by atoms with Crippen LogP contribution in [0.3, 0.4) is 0 Å². The van der Waals surface area contributed by atoms with Gasteiger partial charge in [-0.15, -0.1) is 0 Å². The predicted octanol–water partition coefficient (Wildman–Crippen LogP) is 3.10. The topological polar surface area (TPSA) is 41.6 Å². The number of nitrogens with zero attached hydrogens (tertiary/aromatic N) is 1. The highest BCUT2D eigenvalue weighted by molar-refractivity contribution is 5.94. The molecule has 0 aliphatic heterocycles. The molecule has 1 amide bonds. The number of ether oxygens (including phenoxy) is 1. The van der Waals surface area contributed by atoms with Crippen LogP contribution in [0.5, 0.6) is 5.75 Å². The second-order valence-electron chi connectivity index (χ2n) is 5.81. The van der Waals surface area contributed by atoms with Gasteiger partial charge in [-0.3, -0.25) is 9.69 Å². The lowest BCUT2D eigenvalue weighted by molar-refractivity contribution is 0.0939. The van der Waals surface area contributed by atoms with Crippen LogP contribution >= 0.6 is 0 Å². The minimum atomic E-state index is -0.0530. The molecule has 0 saturated carbocycles. The first-order valence-electron chi connectivity index (χ1n) is 7.83. The van der Waals surface area contributed by atoms with E-state index < -0.39 is 0 Å². The largest absolute Gasteiger partial charge is 0.490 e. The fourth-order valence-electron chi connectivity index (χ4n) is 2.37. The van der Waals surface area contributed by atoms with Gasteiger partial charge in [0.25, 0.3) is 5.91 Å². The molecule has 22 heavy (non-hydrogen) atoms. The van der Waals surface area contributed by atoms with Crippen molar-refractivity contribution in [2.75, 3.05) is 19.7 Å². The van der Waals surface area contributed by atoms with Crippen molar-refractivity contribution in [2.24, 2.45) is 0 Å². The van der Waals surface area contributed by atoms with Crippen molar-refractivity contribution in [1.29, 1.82) is 0 Å². The molecule has 0 spiro atoms. The Morgan fingerprint density at radius 1 is 1.23 bits per heavy atom. The van der Waals surface area contributed by atoms with E-state index in [0.29, 0.717) is 30.8 Å². The molecule has 122 valence electrons. The molecular weight excluding hydrogens is 276 g/mol. The molecule has 0 fully saturated rings. The Hall–Kier alpha value is -1.81. The van der Waals surface area contributed by atoms with Gasteiger partial charge < -0.3 is 10.1 Å². The van der Waals surface area contributed by atoms with E-state index in [4.69, 9.17) is 4.74 Å². The van der Waals surface area contributed by atoms with Crippen LogP contribution in [0, 0.1) is 0 Å². The zero-order valence-corrected chi connectivity index (χ0v) is 14.1. The van der Waals surface area contributed by atoms with Gasteiger partial charge in [-0.25, -0.2) is 0 Å². The van der Waals surface area contributed by atoms with Gasteiger partial charge in [0.1, 0.15) is 12.4 Å². The van der Waals surface area contributed by atoms with Gasteiger partial charge in [0, 0.05) is 30.7 Å². The van der Waals surface area contributed by atoms with Gasteiger partial charge >= 0.3 is 0 Å². The van der Waals surface area contributed by atoms with Gasteiger partial charge in [-0.2, -0.15) is 0 Å². The van der Waals surface area contributed by atoms with E-state index in [-0.39, 0.29) is 5.91 Å². The zero-order valence-electron chi connectivity index (χ0n) is 14.1. The van der Waals surface area contributed by atoms with Crippen LogP contribution in [-0.4, -0.2) is 42.6 Å². The summed E-state index contributed by atoms with van der Waals surface area (Å²) in [6.07, 6.45) is 1.69. The second kappa shape index (κ2) is 9.26. The average Bonchev–Trinajstić information content (AvgIpc) is 2.49. The van der Waals surface area contributed by atoms with E-state index in [1.165, 1.54) is 0 Å². The van der Waals surface area contributed by atoms with Crippen molar-refractivity contribution in [2.45, 2.75) is 39.8 Å². The predicted molar refractivity (Wildman–Crippen MR) is 91.4 cm³/mol. The van der Waals surface area contributed by atoms with Crippen LogP contribution in [0.2, 0.25) is 0 Å². The number of nitrogens with one attached hydrogen (secondary N) is 1. The lowest BCUT2D eigenvalue weighted by Crippen LogP contribution is -2.42. The molecule has 4 nitrogen and oxygen atoms in total. The van der Waals surface area contributed by atoms with E-state index in [2.05, 4.69) is 44.5 Å². The molecule has 1 aromatic carbocycles. The molecule has 0 bridgehead atoms. The summed E-state index contributed by atoms with van der Waals surface area (Å²) in [5.74, 6) is 0.685. The Balaban J connectivity index is 2.46. The first-order chi connectivity index (χ1) is 10.5. The minimum Gasteiger partial charge on any atom is -0.490 e. The molecule has 0 unspecified atom stereocenters. The third kappa shape index (κ3) is 5.90. The highest BCUT2D eigenvalue weighted by atomic mass is 16.5. The molecule has 0 aromatic heterocycles. The third-order valence-electron chi connectivity index (χ3n) is 3.47. The van der Waals surface area contributed by atoms with Crippen molar-refractivity contribution in [3.8, 4) is 5.75 Å². The van der Waals surface area contributed by atoms with Crippen molar-refractivity contribution >= 4 is 5.91 Å². The highest BCUT2D eigenvalue weighted by Gasteiger charge is 2.13. The number of carbonyl (C=O) groups excluding carboxylic acids is 1. The summed E-state index contributed by atoms with van der Waals surface area (Å²) in [6.45, 7) is 14.2. The van der Waals surface area contributed by atoms with Gasteiger partial charge in [0.05, 0.1) is 0 Å². The van der Waals surface area contributed by atoms with E-state index in [1.807, 2.05) is 0 Å². The maximum absolute atomic E-state index is 12.1. The Labute approximate surface area is 134 Å². The zero-order chi connectivity index (χ0) is 16.5. The van der Waals surface area contributed by atoms with Gasteiger partial charge in [0.2, 0.25) is 0 Å². The lowest BCUT2D eigenvalue weighted by Gasteiger charge is -2.30. The number of rotatable bonds is 9. The Kier molecular flexibility index (Phi) is 7.67. The van der Waals surface area contributed by atoms with Crippen LogP contribution in [0.1, 0.15) is 38.1 Å². The van der Waals surface area contributed by atoms with Gasteiger partial charge in [-0.05, 0) is 52.0 Å². The second-order valence-corrected chi connectivity index (χ2v) is 5.81. The third-order valence-corrected chi connectivity index (χ3v) is 3.47. The van der Waals surface area contributed by atoms with Crippen LogP contribution in [0.25, 0.3) is 0 Å². The summed E-state index contributed by atoms with van der Waals surface area (Å²) in [7, 11) is 0. The van der Waals surface area contributed by atoms with E-state index >= 15 is 0 Å². The molecule has 1 rings (SSSR count). The van der Waals surface area contributed by atoms with Crippen molar-refractivity contribution in [1.82, 2.24) is 10.2 Å². The molecule has 0 aliphatic carbocycles. The molecule has 1 N–H and O–H groups in total. The highest BCUT2D eigenvalue weighted by Crippen LogP contribution is 2.12. The van der Waals surface area contributed by atoms with Crippen LogP contribution in [-0.2, 0) is 0 Å². The Morgan fingerprint density at radius 2 is 1.82 bits per heavy atom. The molecular formula is C18H28N2O2. The van der Waals surface area contributed by atoms with E-state index in [9.17, 15) is 4.79 Å². The summed E-state index contributed by atoms with van der Waals surface area (Å²) < 4.78 is 5.40. The molecule has 0 heterocycles. The summed E-state index contributed by atoms with van der Waals surface area (Å²) >= 11 is 0. The maximum atomic E-state index is 12.1. The summed E-state index contributed by atoms with van der Waals surface area (Å²) in [5.41, 5.74) is 0.645. The SMILES string of the molecule is C=CCOc1ccc(C(=O)NCCN(C(C)C)C(C)C)cc1. The molecule has 1 aromatic rings. The normalized spacial score (nSPS) is 11.0. The average molecular weight is 304 g/mol. The van der Waals surface area contributed by atoms with Gasteiger partial charge in [0.15, 0.2) is 0 Å². The summed E-state index contributed by atoms with van der Waals surface area (Å²) in [4.78, 5) is 14.5. The van der Waals surface area contributed by atoms with Crippen molar-refractivity contribution < 1.29 is 9.53 Å². The summed E-state index contributed by atoms with van der Waals surface area (Å²) in [6, 6.07) is 8.09. The molecule has 0 radical (unpaired) electrons. The van der Waals surface area contributed by atoms with Crippen molar-refractivity contribution in [3.63, 3.8) is 0 Å². The number of carbonyl (C=O) groups is 1. The number of benzene rings is 1. The van der Waals surface area contributed by atoms with E-state index in [1.54, 1.807) is 30.3 Å². The standard InChI is InChI=1S/C18H28N2O2/c1-6-13-22-17-9-7-16(8-10-17)18(21)19-11-12-20(14(2)3)15(4)5/h6-10,14-15H,1,11-13H2,2-5H3,(H,19,21). The smallest absolute Gasteiger partial charge is 0.251 e. The first-order valence-corrected chi connectivity index (χ1v) is 7.83. The summed E-state index contributed by atoms with van der Waals surface area (Å²) in [5, 5.41) is 2.96. The maximum Gasteiger partial charge on any atom is 0.251 e. The first kappa shape index (κ1) is 18.2. The number of hydrogen-bond donors (Lipinski definition) is 1. The fourth-order valence-corrected chi connectivity index (χ4v) is 2.37. The van der Waals surface area contributed by atoms with Crippen molar-refractivity contribution in [3.05, 3.63) is 42.5 Å². The molecule has 0 atom stereocenters. The molecule has 0 saturated heterocycles. The van der Waals surface area contributed by atoms with Crippen LogP contribution < -0.4 is 10.1 Å². The quantitative estimate of drug-likeness (QED) is 0.713. The van der Waals surface area contributed by atoms with Crippen LogP contribution in [0.4, 0.5) is 0 Å². The van der Waals surface area contributed by atoms with Crippen LogP contribution in [0.15, 0.2) is 36.9 Å². The molecule has 0 aliphatic rings. The monoisotopic (exact) mass is 304 g/mol. The lowest BCUT2D eigenvalue weighted by atomic mass is 10.2. The van der Waals surface area contributed by atoms with E-state index in [0.717, 1.165) is 12.3 Å². The minimum absolute atomic E-state index is 0.0530. The Bertz CT molecular complexity index is 458. The Morgan fingerprint density at radius 3 is 2.32 bits per heavy atom. The van der Waals surface area contributed by atoms with Gasteiger partial charge in [-0.1, -0.05) is 12.7 Å². The number of amides is 1.